The Morgan fingerprint density at radius 3 is 2.20 bits per heavy atom. The van der Waals surface area contributed by atoms with E-state index in [-0.39, 0.29) is 12.1 Å². The van der Waals surface area contributed by atoms with Crippen LogP contribution in [0.15, 0.2) is 90.6 Å². The summed E-state index contributed by atoms with van der Waals surface area (Å²) in [7, 11) is -0.648. The van der Waals surface area contributed by atoms with Crippen molar-refractivity contribution in [1.82, 2.24) is 20.1 Å². The molecule has 1 N–H and O–H groups in total. The maximum absolute atomic E-state index is 14.2. The number of carbonyl (C=O) groups excluding carboxylic acids is 3. The van der Waals surface area contributed by atoms with Crippen molar-refractivity contribution in [3.8, 4) is 0 Å². The van der Waals surface area contributed by atoms with Crippen molar-refractivity contribution in [2.24, 2.45) is 0 Å². The molecule has 2 aromatic carbocycles. The molecule has 0 unspecified atom stereocenters. The quantitative estimate of drug-likeness (QED) is 0.207. The van der Waals surface area contributed by atoms with Crippen molar-refractivity contribution >= 4 is 33.9 Å². The summed E-state index contributed by atoms with van der Waals surface area (Å²) in [5.41, 5.74) is 1.69. The molecule has 0 aliphatic carbocycles. The molecule has 3 aromatic rings. The van der Waals surface area contributed by atoms with E-state index >= 15 is 0 Å². The van der Waals surface area contributed by atoms with E-state index in [2.05, 4.69) is 10.3 Å². The molecule has 2 fully saturated rings. The smallest absolute Gasteiger partial charge is 0.407 e. The number of aromatic nitrogens is 1. The first-order valence-electron chi connectivity index (χ1n) is 14.1. The Kier molecular flexibility index (Phi) is 8.84. The van der Waals surface area contributed by atoms with Gasteiger partial charge in [0.2, 0.25) is 0 Å². The zero-order valence-corrected chi connectivity index (χ0v) is 25.4. The van der Waals surface area contributed by atoms with Gasteiger partial charge in [-0.05, 0) is 50.4 Å². The molecule has 44 heavy (non-hydrogen) atoms. The fourth-order valence-corrected chi connectivity index (χ4v) is 7.68. The van der Waals surface area contributed by atoms with Gasteiger partial charge in [-0.1, -0.05) is 66.7 Å². The highest BCUT2D eigenvalue weighted by Gasteiger charge is 2.73. The standard InChI is InChI=1S/C32H34N4O7S/c1-32(21-42-31(39)34-18-19-35(2)3)27(30(38)43-26(22-12-6-4-7-13-22)23-14-8-5-9-15-23)36-28(37)25(29(36)44(32,40)41)20-24-16-10-11-17-33-24/h4-17,20,26-27,29H,18-19,21H2,1-3H3,(H,34,39)/b25-20-/t27-,29+,32-/m0/s1. The minimum absolute atomic E-state index is 0.0247. The molecule has 11 nitrogen and oxygen atoms in total. The van der Waals surface area contributed by atoms with Crippen molar-refractivity contribution in [1.29, 1.82) is 0 Å². The van der Waals surface area contributed by atoms with Gasteiger partial charge in [-0.3, -0.25) is 9.78 Å². The number of alkyl carbamates (subject to hydrolysis) is 1. The Labute approximate surface area is 256 Å². The van der Waals surface area contributed by atoms with Crippen LogP contribution in [-0.2, 0) is 28.9 Å². The number of benzene rings is 2. The molecule has 0 radical (unpaired) electrons. The topological polar surface area (TPSA) is 135 Å². The van der Waals surface area contributed by atoms with E-state index in [0.717, 1.165) is 4.90 Å². The number of hydrogen-bond donors (Lipinski definition) is 1. The number of carbonyl (C=O) groups is 3. The average molecular weight is 619 g/mol. The highest BCUT2D eigenvalue weighted by atomic mass is 32.2. The van der Waals surface area contributed by atoms with Gasteiger partial charge in [0.05, 0.1) is 11.3 Å². The molecule has 3 atom stereocenters. The summed E-state index contributed by atoms with van der Waals surface area (Å²) < 4.78 is 37.8. The molecule has 5 rings (SSSR count). The van der Waals surface area contributed by atoms with Gasteiger partial charge in [-0.2, -0.15) is 0 Å². The van der Waals surface area contributed by atoms with E-state index in [4.69, 9.17) is 9.47 Å². The lowest BCUT2D eigenvalue weighted by atomic mass is 9.94. The summed E-state index contributed by atoms with van der Waals surface area (Å²) in [6.07, 6.45) is 1.20. The molecule has 2 saturated heterocycles. The predicted molar refractivity (Wildman–Crippen MR) is 163 cm³/mol. The number of amides is 2. The van der Waals surface area contributed by atoms with Crippen molar-refractivity contribution in [3.63, 3.8) is 0 Å². The van der Waals surface area contributed by atoms with Gasteiger partial charge in [0.1, 0.15) is 11.4 Å². The predicted octanol–water partition coefficient (Wildman–Crippen LogP) is 2.81. The second kappa shape index (κ2) is 12.6. The first-order chi connectivity index (χ1) is 21.0. The number of pyridine rings is 1. The van der Waals surface area contributed by atoms with Gasteiger partial charge in [-0.15, -0.1) is 0 Å². The lowest BCUT2D eigenvalue weighted by Gasteiger charge is -2.39. The van der Waals surface area contributed by atoms with Gasteiger partial charge >= 0.3 is 12.1 Å². The number of hydrogen-bond acceptors (Lipinski definition) is 9. The molecule has 2 aliphatic rings. The maximum Gasteiger partial charge on any atom is 0.407 e. The summed E-state index contributed by atoms with van der Waals surface area (Å²) in [4.78, 5) is 47.3. The number of ether oxygens (including phenoxy) is 2. The summed E-state index contributed by atoms with van der Waals surface area (Å²) in [6, 6.07) is 21.5. The fraction of sp³-hybridized carbons (Fsp3) is 0.312. The highest BCUT2D eigenvalue weighted by molar-refractivity contribution is 7.94. The van der Waals surface area contributed by atoms with Gasteiger partial charge in [-0.25, -0.2) is 18.0 Å². The fourth-order valence-electron chi connectivity index (χ4n) is 5.40. The Hall–Kier alpha value is -4.55. The number of sulfone groups is 1. The van der Waals surface area contributed by atoms with Crippen LogP contribution in [-0.4, -0.2) is 91.1 Å². The molecule has 0 saturated carbocycles. The monoisotopic (exact) mass is 618 g/mol. The molecule has 0 spiro atoms. The van der Waals surface area contributed by atoms with Crippen molar-refractivity contribution < 1.29 is 32.3 Å². The van der Waals surface area contributed by atoms with Crippen LogP contribution in [0.3, 0.4) is 0 Å². The van der Waals surface area contributed by atoms with Crippen LogP contribution in [0, 0.1) is 0 Å². The van der Waals surface area contributed by atoms with Crippen LogP contribution in [0.4, 0.5) is 4.79 Å². The SMILES string of the molecule is CN(C)CCNC(=O)OC[C@@]1(C)[C@H](C(=O)OC(c2ccccc2)c2ccccc2)N2C(=O)/C(=C/c3ccccn3)[C@H]2S1(=O)=O. The molecule has 12 heteroatoms. The van der Waals surface area contributed by atoms with Crippen molar-refractivity contribution in [3.05, 3.63) is 107 Å². The van der Waals surface area contributed by atoms with E-state index in [1.807, 2.05) is 31.1 Å². The molecule has 230 valence electrons. The van der Waals surface area contributed by atoms with Crippen LogP contribution in [0.1, 0.15) is 29.8 Å². The summed E-state index contributed by atoms with van der Waals surface area (Å²) >= 11 is 0. The van der Waals surface area contributed by atoms with Crippen LogP contribution in [0.2, 0.25) is 0 Å². The Morgan fingerprint density at radius 2 is 1.64 bits per heavy atom. The second-order valence-corrected chi connectivity index (χ2v) is 13.6. The number of β-lactam (4-membered cyclic amide) rings is 1. The van der Waals surface area contributed by atoms with Crippen LogP contribution in [0.25, 0.3) is 6.08 Å². The second-order valence-electron chi connectivity index (χ2n) is 11.1. The number of fused-ring (bicyclic) bond motifs is 1. The number of esters is 1. The summed E-state index contributed by atoms with van der Waals surface area (Å²) in [5.74, 6) is -1.57. The van der Waals surface area contributed by atoms with Gasteiger partial charge in [0.25, 0.3) is 5.91 Å². The molecular formula is C32H34N4O7S. The number of nitrogens with one attached hydrogen (secondary N) is 1. The molecule has 1 aromatic heterocycles. The van der Waals surface area contributed by atoms with Gasteiger partial charge < -0.3 is 24.6 Å². The first kappa shape index (κ1) is 30.9. The van der Waals surface area contributed by atoms with E-state index in [1.54, 1.807) is 66.7 Å². The van der Waals surface area contributed by atoms with Gasteiger partial charge in [0.15, 0.2) is 27.4 Å². The lowest BCUT2D eigenvalue weighted by molar-refractivity contribution is -0.161. The van der Waals surface area contributed by atoms with Crippen molar-refractivity contribution in [2.75, 3.05) is 33.8 Å². The highest BCUT2D eigenvalue weighted by Crippen LogP contribution is 2.50. The van der Waals surface area contributed by atoms with E-state index < -0.39 is 56.7 Å². The first-order valence-corrected chi connectivity index (χ1v) is 15.6. The maximum atomic E-state index is 14.2. The summed E-state index contributed by atoms with van der Waals surface area (Å²) in [5, 5.41) is 1.14. The van der Waals surface area contributed by atoms with E-state index in [1.165, 1.54) is 19.2 Å². The van der Waals surface area contributed by atoms with Crippen LogP contribution < -0.4 is 5.32 Å². The molecule has 2 aliphatic heterocycles. The zero-order chi connectivity index (χ0) is 31.5. The van der Waals surface area contributed by atoms with E-state index in [9.17, 15) is 22.8 Å². The van der Waals surface area contributed by atoms with E-state index in [0.29, 0.717) is 23.4 Å². The third-order valence-electron chi connectivity index (χ3n) is 7.77. The third kappa shape index (κ3) is 5.82. The normalized spacial score (nSPS) is 22.9. The Morgan fingerprint density at radius 1 is 1.02 bits per heavy atom. The minimum Gasteiger partial charge on any atom is -0.451 e. The molecule has 3 heterocycles. The largest absolute Gasteiger partial charge is 0.451 e. The minimum atomic E-state index is -4.32. The van der Waals surface area contributed by atoms with Crippen molar-refractivity contribution in [2.45, 2.75) is 29.2 Å². The molecule has 0 bridgehead atoms. The Balaban J connectivity index is 1.50. The Bertz CT molecular complexity index is 1610. The lowest BCUT2D eigenvalue weighted by Crippen LogP contribution is -2.60. The molecule has 2 amide bonds. The average Bonchev–Trinajstić information content (AvgIpc) is 3.18. The van der Waals surface area contributed by atoms with Gasteiger partial charge in [0, 0.05) is 19.3 Å². The third-order valence-corrected chi connectivity index (χ3v) is 10.5. The zero-order valence-electron chi connectivity index (χ0n) is 24.6. The van der Waals surface area contributed by atoms with Crippen LogP contribution >= 0.6 is 0 Å². The number of rotatable bonds is 10. The number of nitrogens with zero attached hydrogens (tertiary/aromatic N) is 3. The number of likely N-dealkylation sites (N-methyl/N-ethyl adjacent to an activating group) is 1. The molecular weight excluding hydrogens is 584 g/mol. The summed E-state index contributed by atoms with van der Waals surface area (Å²) in [6.45, 7) is 1.43. The van der Waals surface area contributed by atoms with Crippen LogP contribution in [0.5, 0.6) is 0 Å².